The number of amides is 3. The molecule has 3 amide bonds. The van der Waals surface area contributed by atoms with Crippen LogP contribution >= 0.6 is 0 Å². The van der Waals surface area contributed by atoms with Crippen LogP contribution in [0.5, 0.6) is 0 Å². The first-order chi connectivity index (χ1) is 11.6. The molecule has 3 aliphatic rings. The second kappa shape index (κ2) is 7.96. The molecule has 0 aliphatic carbocycles. The number of hydrogen-bond acceptors (Lipinski definition) is 4. The first-order valence-corrected chi connectivity index (χ1v) is 9.21. The van der Waals surface area contributed by atoms with Crippen molar-refractivity contribution in [3.8, 4) is 0 Å². The van der Waals surface area contributed by atoms with Gasteiger partial charge >= 0.3 is 0 Å². The summed E-state index contributed by atoms with van der Waals surface area (Å²) >= 11 is 0. The second-order valence-electron chi connectivity index (χ2n) is 7.03. The van der Waals surface area contributed by atoms with Crippen LogP contribution in [0.3, 0.4) is 0 Å². The molecule has 1 unspecified atom stereocenters. The Morgan fingerprint density at radius 1 is 1.04 bits per heavy atom. The number of hydrogen-bond donors (Lipinski definition) is 1. The van der Waals surface area contributed by atoms with Gasteiger partial charge in [0.05, 0.1) is 13.1 Å². The van der Waals surface area contributed by atoms with Crippen molar-refractivity contribution >= 4 is 17.7 Å². The standard InChI is InChI=1S/C17H28N4O3/c22-15-6-2-1-3-8-20(15)13-17(24)19-9-4-5-14(12-19)21-10-7-18-11-16(21)23/h14,18H,1-13H2. The van der Waals surface area contributed by atoms with E-state index in [9.17, 15) is 14.4 Å². The molecule has 3 rings (SSSR count). The van der Waals surface area contributed by atoms with Gasteiger partial charge in [0.15, 0.2) is 0 Å². The summed E-state index contributed by atoms with van der Waals surface area (Å²) in [7, 11) is 0. The normalized spacial score (nSPS) is 26.5. The van der Waals surface area contributed by atoms with Crippen LogP contribution in [-0.4, -0.2) is 84.3 Å². The Morgan fingerprint density at radius 2 is 1.92 bits per heavy atom. The van der Waals surface area contributed by atoms with Crippen LogP contribution in [0.2, 0.25) is 0 Å². The fourth-order valence-electron chi connectivity index (χ4n) is 3.91. The Bertz CT molecular complexity index is 496. The largest absolute Gasteiger partial charge is 0.339 e. The molecule has 0 saturated carbocycles. The summed E-state index contributed by atoms with van der Waals surface area (Å²) in [6, 6.07) is 0.122. The summed E-state index contributed by atoms with van der Waals surface area (Å²) in [6.07, 6.45) is 5.41. The van der Waals surface area contributed by atoms with Gasteiger partial charge in [-0.2, -0.15) is 0 Å². The lowest BCUT2D eigenvalue weighted by Crippen LogP contribution is -2.58. The number of carbonyl (C=O) groups excluding carboxylic acids is 3. The van der Waals surface area contributed by atoms with E-state index in [-0.39, 0.29) is 30.3 Å². The fourth-order valence-corrected chi connectivity index (χ4v) is 3.91. The molecule has 1 N–H and O–H groups in total. The molecule has 3 saturated heterocycles. The Labute approximate surface area is 143 Å². The zero-order valence-electron chi connectivity index (χ0n) is 14.3. The van der Waals surface area contributed by atoms with Gasteiger partial charge in [-0.15, -0.1) is 0 Å². The molecule has 0 spiro atoms. The van der Waals surface area contributed by atoms with E-state index in [1.807, 2.05) is 9.80 Å². The van der Waals surface area contributed by atoms with E-state index in [1.54, 1.807) is 4.90 Å². The fraction of sp³-hybridized carbons (Fsp3) is 0.824. The highest BCUT2D eigenvalue weighted by Gasteiger charge is 2.32. The maximum Gasteiger partial charge on any atom is 0.242 e. The number of nitrogens with zero attached hydrogens (tertiary/aromatic N) is 3. The average molecular weight is 336 g/mol. The lowest BCUT2D eigenvalue weighted by Gasteiger charge is -2.41. The Kier molecular flexibility index (Phi) is 5.71. The average Bonchev–Trinajstić information content (AvgIpc) is 2.80. The predicted octanol–water partition coefficient (Wildman–Crippen LogP) is -0.188. The van der Waals surface area contributed by atoms with Gasteiger partial charge in [0.25, 0.3) is 0 Å². The first-order valence-electron chi connectivity index (χ1n) is 9.21. The van der Waals surface area contributed by atoms with Crippen LogP contribution in [0.1, 0.15) is 38.5 Å². The molecular weight excluding hydrogens is 308 g/mol. The monoisotopic (exact) mass is 336 g/mol. The van der Waals surface area contributed by atoms with Crippen molar-refractivity contribution in [1.29, 1.82) is 0 Å². The van der Waals surface area contributed by atoms with Crippen LogP contribution in [-0.2, 0) is 14.4 Å². The van der Waals surface area contributed by atoms with Gasteiger partial charge in [0.2, 0.25) is 17.7 Å². The van der Waals surface area contributed by atoms with Gasteiger partial charge in [0, 0.05) is 45.2 Å². The van der Waals surface area contributed by atoms with E-state index in [0.29, 0.717) is 26.1 Å². The van der Waals surface area contributed by atoms with Crippen molar-refractivity contribution in [2.45, 2.75) is 44.6 Å². The third-order valence-corrected chi connectivity index (χ3v) is 5.31. The Morgan fingerprint density at radius 3 is 2.75 bits per heavy atom. The molecule has 3 aliphatic heterocycles. The summed E-state index contributed by atoms with van der Waals surface area (Å²) < 4.78 is 0. The van der Waals surface area contributed by atoms with Crippen molar-refractivity contribution < 1.29 is 14.4 Å². The smallest absolute Gasteiger partial charge is 0.242 e. The van der Waals surface area contributed by atoms with Gasteiger partial charge in [-0.3, -0.25) is 14.4 Å². The summed E-state index contributed by atoms with van der Waals surface area (Å²) in [5.41, 5.74) is 0. The molecule has 0 radical (unpaired) electrons. The molecule has 7 heteroatoms. The maximum atomic E-state index is 12.7. The lowest BCUT2D eigenvalue weighted by molar-refractivity contribution is -0.143. The van der Waals surface area contributed by atoms with Crippen molar-refractivity contribution in [3.05, 3.63) is 0 Å². The molecule has 0 bridgehead atoms. The molecule has 24 heavy (non-hydrogen) atoms. The maximum absolute atomic E-state index is 12.7. The number of piperidine rings is 1. The molecule has 0 aromatic heterocycles. The summed E-state index contributed by atoms with van der Waals surface area (Å²) in [5, 5.41) is 3.09. The van der Waals surface area contributed by atoms with Crippen LogP contribution in [0.15, 0.2) is 0 Å². The van der Waals surface area contributed by atoms with Crippen LogP contribution in [0, 0.1) is 0 Å². The van der Waals surface area contributed by atoms with Gasteiger partial charge in [-0.25, -0.2) is 0 Å². The molecule has 0 aromatic rings. The van der Waals surface area contributed by atoms with Gasteiger partial charge in [-0.05, 0) is 25.7 Å². The number of likely N-dealkylation sites (tertiary alicyclic amines) is 2. The Hall–Kier alpha value is -1.63. The van der Waals surface area contributed by atoms with E-state index in [1.165, 1.54) is 0 Å². The number of nitrogens with one attached hydrogen (secondary N) is 1. The zero-order valence-corrected chi connectivity index (χ0v) is 14.3. The summed E-state index contributed by atoms with van der Waals surface area (Å²) in [5.74, 6) is 0.257. The molecule has 3 fully saturated rings. The lowest BCUT2D eigenvalue weighted by atomic mass is 10.0. The topological polar surface area (TPSA) is 73.0 Å². The second-order valence-corrected chi connectivity index (χ2v) is 7.03. The summed E-state index contributed by atoms with van der Waals surface area (Å²) in [6.45, 7) is 4.16. The van der Waals surface area contributed by atoms with Crippen LogP contribution in [0.4, 0.5) is 0 Å². The van der Waals surface area contributed by atoms with E-state index in [0.717, 1.165) is 51.7 Å². The van der Waals surface area contributed by atoms with Crippen molar-refractivity contribution in [2.24, 2.45) is 0 Å². The molecular formula is C17H28N4O3. The van der Waals surface area contributed by atoms with Crippen molar-refractivity contribution in [1.82, 2.24) is 20.0 Å². The SMILES string of the molecule is O=C1CCCCCN1CC(=O)N1CCCC(N2CCNCC2=O)C1. The van der Waals surface area contributed by atoms with E-state index in [2.05, 4.69) is 5.32 Å². The van der Waals surface area contributed by atoms with Crippen LogP contribution in [0.25, 0.3) is 0 Å². The number of carbonyl (C=O) groups is 3. The van der Waals surface area contributed by atoms with E-state index in [4.69, 9.17) is 0 Å². The number of rotatable bonds is 3. The van der Waals surface area contributed by atoms with Gasteiger partial charge in [-0.1, -0.05) is 6.42 Å². The van der Waals surface area contributed by atoms with Crippen molar-refractivity contribution in [2.75, 3.05) is 45.8 Å². The molecule has 7 nitrogen and oxygen atoms in total. The summed E-state index contributed by atoms with van der Waals surface area (Å²) in [4.78, 5) is 42.3. The minimum Gasteiger partial charge on any atom is -0.339 e. The van der Waals surface area contributed by atoms with Gasteiger partial charge in [0.1, 0.15) is 0 Å². The minimum atomic E-state index is 0.0255. The third-order valence-electron chi connectivity index (χ3n) is 5.31. The molecule has 0 aromatic carbocycles. The Balaban J connectivity index is 1.56. The highest BCUT2D eigenvalue weighted by molar-refractivity contribution is 5.85. The quantitative estimate of drug-likeness (QED) is 0.775. The van der Waals surface area contributed by atoms with Crippen LogP contribution < -0.4 is 5.32 Å². The highest BCUT2D eigenvalue weighted by Crippen LogP contribution is 2.18. The minimum absolute atomic E-state index is 0.0255. The predicted molar refractivity (Wildman–Crippen MR) is 89.2 cm³/mol. The molecule has 1 atom stereocenters. The van der Waals surface area contributed by atoms with Crippen molar-refractivity contribution in [3.63, 3.8) is 0 Å². The third kappa shape index (κ3) is 4.06. The number of piperazine rings is 1. The van der Waals surface area contributed by atoms with E-state index >= 15 is 0 Å². The zero-order chi connectivity index (χ0) is 16.9. The van der Waals surface area contributed by atoms with Gasteiger partial charge < -0.3 is 20.0 Å². The molecule has 3 heterocycles. The highest BCUT2D eigenvalue weighted by atomic mass is 16.2. The van der Waals surface area contributed by atoms with E-state index < -0.39 is 0 Å². The first kappa shape index (κ1) is 17.2. The molecule has 134 valence electrons.